The fraction of sp³-hybridized carbons (Fsp3) is 0.474. The molecule has 4 heterocycles. The van der Waals surface area contributed by atoms with Crippen LogP contribution in [0, 0.1) is 5.92 Å². The lowest BCUT2D eigenvalue weighted by Crippen LogP contribution is -2.67. The van der Waals surface area contributed by atoms with Crippen LogP contribution in [0.1, 0.15) is 17.5 Å². The van der Waals surface area contributed by atoms with Crippen LogP contribution in [0.5, 0.6) is 0 Å². The molecule has 2 aliphatic heterocycles. The molecule has 4 rings (SSSR count). The number of likely N-dealkylation sites (tertiary alicyclic amines) is 1. The van der Waals surface area contributed by atoms with E-state index in [0.717, 1.165) is 17.7 Å². The van der Waals surface area contributed by atoms with Crippen molar-refractivity contribution in [3.8, 4) is 0 Å². The average Bonchev–Trinajstić information content (AvgIpc) is 2.88. The Balaban J connectivity index is 1.37. The van der Waals surface area contributed by atoms with E-state index in [0.29, 0.717) is 32.7 Å². The predicted octanol–water partition coefficient (Wildman–Crippen LogP) is 1.68. The molecule has 26 heavy (non-hydrogen) atoms. The highest BCUT2D eigenvalue weighted by molar-refractivity contribution is 7.93. The molecule has 2 aromatic rings. The highest BCUT2D eigenvalue weighted by Crippen LogP contribution is 2.45. The van der Waals surface area contributed by atoms with Gasteiger partial charge in [-0.3, -0.25) is 14.9 Å². The number of rotatable bonds is 6. The number of nitrogens with zero attached hydrogens (tertiary/aromatic N) is 3. The van der Waals surface area contributed by atoms with E-state index in [2.05, 4.69) is 14.9 Å². The fourth-order valence-corrected chi connectivity index (χ4v) is 6.53. The third-order valence-corrected chi connectivity index (χ3v) is 8.15. The molecule has 2 saturated heterocycles. The Bertz CT molecular complexity index is 837. The minimum Gasteiger partial charge on any atom is -0.376 e. The van der Waals surface area contributed by atoms with E-state index in [1.165, 1.54) is 0 Å². The molecule has 7 heteroatoms. The number of pyridine rings is 2. The van der Waals surface area contributed by atoms with E-state index in [4.69, 9.17) is 4.74 Å². The van der Waals surface area contributed by atoms with Gasteiger partial charge in [-0.05, 0) is 35.7 Å². The maximum atomic E-state index is 12.7. The van der Waals surface area contributed by atoms with Gasteiger partial charge in [-0.1, -0.05) is 6.07 Å². The van der Waals surface area contributed by atoms with Crippen LogP contribution in [-0.4, -0.2) is 53.5 Å². The van der Waals surface area contributed by atoms with Crippen LogP contribution in [0.25, 0.3) is 0 Å². The Kier molecular flexibility index (Phi) is 4.77. The van der Waals surface area contributed by atoms with Crippen molar-refractivity contribution in [1.29, 1.82) is 0 Å². The molecule has 0 aliphatic carbocycles. The van der Waals surface area contributed by atoms with Gasteiger partial charge in [0.05, 0.1) is 19.0 Å². The number of aromatic nitrogens is 2. The van der Waals surface area contributed by atoms with Crippen molar-refractivity contribution in [2.45, 2.75) is 24.3 Å². The third-order valence-electron chi connectivity index (χ3n) is 5.55. The number of hydrogen-bond acceptors (Lipinski definition) is 6. The summed E-state index contributed by atoms with van der Waals surface area (Å²) in [5, 5.41) is 0. The summed E-state index contributed by atoms with van der Waals surface area (Å²) in [6.07, 6.45) is 7.74. The van der Waals surface area contributed by atoms with Crippen molar-refractivity contribution >= 4 is 9.84 Å². The minimum absolute atomic E-state index is 0.0675. The molecular formula is C19H23N3O3S. The molecule has 0 bridgehead atoms. The minimum atomic E-state index is -3.07. The second kappa shape index (κ2) is 7.06. The molecule has 0 N–H and O–H groups in total. The molecule has 1 spiro atoms. The summed E-state index contributed by atoms with van der Waals surface area (Å²) < 4.78 is 30.6. The zero-order chi connectivity index (χ0) is 18.0. The summed E-state index contributed by atoms with van der Waals surface area (Å²) in [6.45, 7) is 2.92. The lowest BCUT2D eigenvalue weighted by molar-refractivity contribution is 0.0200. The van der Waals surface area contributed by atoms with Crippen LogP contribution in [0.15, 0.2) is 49.1 Å². The maximum Gasteiger partial charge on any atom is 0.158 e. The fourth-order valence-electron chi connectivity index (χ4n) is 4.08. The second-order valence-electron chi connectivity index (χ2n) is 7.25. The quantitative estimate of drug-likeness (QED) is 0.767. The van der Waals surface area contributed by atoms with Gasteiger partial charge in [0.15, 0.2) is 9.84 Å². The van der Waals surface area contributed by atoms with Crippen molar-refractivity contribution in [3.63, 3.8) is 0 Å². The largest absolute Gasteiger partial charge is 0.376 e. The summed E-state index contributed by atoms with van der Waals surface area (Å²) in [7, 11) is -3.07. The van der Waals surface area contributed by atoms with E-state index < -0.39 is 14.6 Å². The summed E-state index contributed by atoms with van der Waals surface area (Å²) in [4.78, 5) is 10.3. The Hall–Kier alpha value is -1.83. The predicted molar refractivity (Wildman–Crippen MR) is 98.0 cm³/mol. The molecule has 2 aliphatic rings. The smallest absolute Gasteiger partial charge is 0.158 e. The molecule has 138 valence electrons. The average molecular weight is 373 g/mol. The van der Waals surface area contributed by atoms with Crippen molar-refractivity contribution in [3.05, 3.63) is 60.2 Å². The van der Waals surface area contributed by atoms with E-state index in [1.807, 2.05) is 24.3 Å². The highest BCUT2D eigenvalue weighted by Gasteiger charge is 2.61. The summed E-state index contributed by atoms with van der Waals surface area (Å²) in [5.74, 6) is 0.342. The van der Waals surface area contributed by atoms with Gasteiger partial charge in [0.1, 0.15) is 4.75 Å². The van der Waals surface area contributed by atoms with Crippen molar-refractivity contribution in [1.82, 2.24) is 14.9 Å². The van der Waals surface area contributed by atoms with Crippen LogP contribution >= 0.6 is 0 Å². The summed E-state index contributed by atoms with van der Waals surface area (Å²) >= 11 is 0. The van der Waals surface area contributed by atoms with Crippen LogP contribution < -0.4 is 0 Å². The molecule has 0 aromatic carbocycles. The highest BCUT2D eigenvalue weighted by atomic mass is 32.2. The Labute approximate surface area is 154 Å². The second-order valence-corrected chi connectivity index (χ2v) is 9.70. The lowest BCUT2D eigenvalue weighted by atomic mass is 9.83. The van der Waals surface area contributed by atoms with Gasteiger partial charge in [0, 0.05) is 50.3 Å². The number of hydrogen-bond donors (Lipinski definition) is 0. The van der Waals surface area contributed by atoms with Gasteiger partial charge >= 0.3 is 0 Å². The van der Waals surface area contributed by atoms with Crippen LogP contribution in [-0.2, 0) is 27.7 Å². The van der Waals surface area contributed by atoms with E-state index in [9.17, 15) is 8.42 Å². The molecule has 0 saturated carbocycles. The summed E-state index contributed by atoms with van der Waals surface area (Å²) in [6, 6.07) is 7.79. The molecule has 0 radical (unpaired) electrons. The molecule has 2 fully saturated rings. The van der Waals surface area contributed by atoms with Crippen LogP contribution in [0.4, 0.5) is 0 Å². The van der Waals surface area contributed by atoms with Gasteiger partial charge in [-0.2, -0.15) is 0 Å². The number of sulfone groups is 1. The molecule has 2 aromatic heterocycles. The Morgan fingerprint density at radius 1 is 1.12 bits per heavy atom. The summed E-state index contributed by atoms with van der Waals surface area (Å²) in [5.41, 5.74) is 2.17. The van der Waals surface area contributed by atoms with Gasteiger partial charge in [0.2, 0.25) is 0 Å². The first-order valence-electron chi connectivity index (χ1n) is 8.89. The number of ether oxygens (including phenoxy) is 1. The van der Waals surface area contributed by atoms with Gasteiger partial charge < -0.3 is 4.74 Å². The first kappa shape index (κ1) is 17.6. The maximum absolute atomic E-state index is 12.7. The standard InChI is InChI=1S/C19H23N3O3S/c23-26(24)9-5-18(13-25-12-17-2-1-6-21-10-17)19(26)14-22(15-19)11-16-3-7-20-8-4-16/h1-4,6-8,10,18H,5,9,11-15H2/t18-/m1/s1. The first-order chi connectivity index (χ1) is 12.6. The normalized spacial score (nSPS) is 23.8. The van der Waals surface area contributed by atoms with Crippen LogP contribution in [0.3, 0.4) is 0 Å². The van der Waals surface area contributed by atoms with Crippen molar-refractivity contribution in [2.24, 2.45) is 5.92 Å². The van der Waals surface area contributed by atoms with E-state index >= 15 is 0 Å². The zero-order valence-electron chi connectivity index (χ0n) is 14.6. The topological polar surface area (TPSA) is 72.4 Å². The molecule has 6 nitrogen and oxygen atoms in total. The van der Waals surface area contributed by atoms with E-state index in [1.54, 1.807) is 24.8 Å². The van der Waals surface area contributed by atoms with Crippen LogP contribution in [0.2, 0.25) is 0 Å². The van der Waals surface area contributed by atoms with E-state index in [-0.39, 0.29) is 11.7 Å². The molecule has 0 amide bonds. The Morgan fingerprint density at radius 3 is 2.65 bits per heavy atom. The molecule has 0 unspecified atom stereocenters. The van der Waals surface area contributed by atoms with Gasteiger partial charge in [0.25, 0.3) is 0 Å². The lowest BCUT2D eigenvalue weighted by Gasteiger charge is -2.50. The molecule has 1 atom stereocenters. The monoisotopic (exact) mass is 373 g/mol. The van der Waals surface area contributed by atoms with Crippen molar-refractivity contribution < 1.29 is 13.2 Å². The SMILES string of the molecule is O=S1(=O)CC[C@H](COCc2cccnc2)C12CN(Cc1ccncc1)C2. The Morgan fingerprint density at radius 2 is 1.92 bits per heavy atom. The van der Waals surface area contributed by atoms with Gasteiger partial charge in [-0.15, -0.1) is 0 Å². The zero-order valence-corrected chi connectivity index (χ0v) is 15.4. The van der Waals surface area contributed by atoms with Crippen molar-refractivity contribution in [2.75, 3.05) is 25.4 Å². The molecular weight excluding hydrogens is 350 g/mol. The third kappa shape index (κ3) is 3.26. The van der Waals surface area contributed by atoms with Gasteiger partial charge in [-0.25, -0.2) is 8.42 Å². The first-order valence-corrected chi connectivity index (χ1v) is 10.5.